The van der Waals surface area contributed by atoms with E-state index in [2.05, 4.69) is 20.1 Å². The van der Waals surface area contributed by atoms with Gasteiger partial charge in [-0.15, -0.1) is 0 Å². The van der Waals surface area contributed by atoms with Crippen LogP contribution in [0.15, 0.2) is 43.0 Å². The monoisotopic (exact) mass is 416 g/mol. The molecule has 0 aliphatic heterocycles. The van der Waals surface area contributed by atoms with E-state index >= 15 is 0 Å². The Morgan fingerprint density at radius 2 is 1.86 bits per heavy atom. The average Bonchev–Trinajstić information content (AvgIpc) is 3.37. The molecule has 1 aliphatic carbocycles. The van der Waals surface area contributed by atoms with Crippen molar-refractivity contribution < 1.29 is 4.79 Å². The molecular formula is C19H18Cl2N6O. The molecule has 1 aromatic carbocycles. The zero-order valence-electron chi connectivity index (χ0n) is 15.2. The van der Waals surface area contributed by atoms with Crippen LogP contribution in [0.2, 0.25) is 10.0 Å². The molecule has 1 atom stereocenters. The lowest BCUT2D eigenvalue weighted by Gasteiger charge is -2.29. The Morgan fingerprint density at radius 1 is 1.18 bits per heavy atom. The summed E-state index contributed by atoms with van der Waals surface area (Å²) in [5, 5.41) is 5.10. The summed E-state index contributed by atoms with van der Waals surface area (Å²) in [6.45, 7) is 2.56. The van der Waals surface area contributed by atoms with Crippen molar-refractivity contribution >= 4 is 29.1 Å². The number of carbonyl (C=O) groups is 1. The second-order valence-corrected chi connectivity index (χ2v) is 7.69. The lowest BCUT2D eigenvalue weighted by atomic mass is 10.1. The van der Waals surface area contributed by atoms with Gasteiger partial charge in [0.05, 0.1) is 6.04 Å². The van der Waals surface area contributed by atoms with Crippen LogP contribution in [0.3, 0.4) is 0 Å². The van der Waals surface area contributed by atoms with E-state index in [-0.39, 0.29) is 11.9 Å². The third-order valence-electron chi connectivity index (χ3n) is 4.68. The van der Waals surface area contributed by atoms with Crippen molar-refractivity contribution in [2.75, 3.05) is 6.54 Å². The van der Waals surface area contributed by atoms with E-state index in [4.69, 9.17) is 23.2 Å². The van der Waals surface area contributed by atoms with E-state index in [1.807, 2.05) is 6.92 Å². The van der Waals surface area contributed by atoms with Crippen molar-refractivity contribution in [2.45, 2.75) is 25.8 Å². The maximum Gasteiger partial charge on any atom is 0.254 e. The molecule has 4 rings (SSSR count). The Balaban J connectivity index is 1.68. The van der Waals surface area contributed by atoms with Gasteiger partial charge in [-0.3, -0.25) is 4.79 Å². The highest BCUT2D eigenvalue weighted by molar-refractivity contribution is 6.35. The number of halogens is 2. The van der Waals surface area contributed by atoms with Crippen LogP contribution in [-0.4, -0.2) is 42.1 Å². The second kappa shape index (κ2) is 7.85. The number of aromatic nitrogens is 5. The average molecular weight is 417 g/mol. The molecule has 9 heteroatoms. The van der Waals surface area contributed by atoms with Crippen LogP contribution in [0.5, 0.6) is 0 Å². The Labute approximate surface area is 172 Å². The molecule has 1 amide bonds. The Bertz CT molecular complexity index is 969. The first kappa shape index (κ1) is 18.8. The number of carbonyl (C=O) groups excluding carboxylic acids is 1. The number of amides is 1. The van der Waals surface area contributed by atoms with Crippen LogP contribution < -0.4 is 0 Å². The second-order valence-electron chi connectivity index (χ2n) is 6.81. The first-order chi connectivity index (χ1) is 13.5. The van der Waals surface area contributed by atoms with Gasteiger partial charge in [0.1, 0.15) is 6.33 Å². The molecule has 144 valence electrons. The Morgan fingerprint density at radius 3 is 2.50 bits per heavy atom. The quantitative estimate of drug-likeness (QED) is 0.607. The summed E-state index contributed by atoms with van der Waals surface area (Å²) in [5.74, 6) is 1.34. The minimum Gasteiger partial charge on any atom is -0.328 e. The van der Waals surface area contributed by atoms with Gasteiger partial charge >= 0.3 is 0 Å². The lowest BCUT2D eigenvalue weighted by Crippen LogP contribution is -2.36. The van der Waals surface area contributed by atoms with Gasteiger partial charge in [-0.05, 0) is 49.9 Å². The van der Waals surface area contributed by atoms with Crippen LogP contribution in [0.4, 0.5) is 0 Å². The normalized spacial score (nSPS) is 14.7. The molecule has 0 N–H and O–H groups in total. The summed E-state index contributed by atoms with van der Waals surface area (Å²) < 4.78 is 1.56. The highest BCUT2D eigenvalue weighted by atomic mass is 35.5. The maximum absolute atomic E-state index is 13.3. The predicted octanol–water partition coefficient (Wildman–Crippen LogP) is 3.98. The number of hydrogen-bond donors (Lipinski definition) is 0. The fraction of sp³-hybridized carbons (Fsp3) is 0.316. The number of hydrogen-bond acceptors (Lipinski definition) is 5. The number of benzene rings is 1. The van der Waals surface area contributed by atoms with Crippen molar-refractivity contribution in [1.29, 1.82) is 0 Å². The van der Waals surface area contributed by atoms with Crippen LogP contribution >= 0.6 is 23.2 Å². The Hall–Kier alpha value is -2.51. The summed E-state index contributed by atoms with van der Waals surface area (Å²) in [7, 11) is 0. The third-order valence-corrected chi connectivity index (χ3v) is 5.12. The fourth-order valence-corrected chi connectivity index (χ4v) is 3.59. The smallest absolute Gasteiger partial charge is 0.254 e. The summed E-state index contributed by atoms with van der Waals surface area (Å²) in [6.07, 6.45) is 6.94. The van der Waals surface area contributed by atoms with Gasteiger partial charge in [-0.1, -0.05) is 23.2 Å². The topological polar surface area (TPSA) is 76.8 Å². The third kappa shape index (κ3) is 4.00. The van der Waals surface area contributed by atoms with E-state index < -0.39 is 0 Å². The molecule has 7 nitrogen and oxygen atoms in total. The largest absolute Gasteiger partial charge is 0.328 e. The van der Waals surface area contributed by atoms with Gasteiger partial charge in [-0.2, -0.15) is 9.78 Å². The van der Waals surface area contributed by atoms with Crippen molar-refractivity contribution in [3.05, 3.63) is 64.4 Å². The molecular weight excluding hydrogens is 399 g/mol. The molecule has 0 spiro atoms. The molecule has 3 aromatic rings. The van der Waals surface area contributed by atoms with E-state index in [0.717, 1.165) is 12.8 Å². The Kier molecular flexibility index (Phi) is 5.28. The summed E-state index contributed by atoms with van der Waals surface area (Å²) in [6, 6.07) is 6.27. The predicted molar refractivity (Wildman–Crippen MR) is 106 cm³/mol. The van der Waals surface area contributed by atoms with Gasteiger partial charge in [0.15, 0.2) is 5.82 Å². The highest BCUT2D eigenvalue weighted by Gasteiger charge is 2.33. The fourth-order valence-electron chi connectivity index (χ4n) is 3.07. The molecule has 1 aliphatic rings. The SMILES string of the molecule is CC(c1ncnn1-c1ncccn1)N(CC1CC1)C(=O)c1cc(Cl)cc(Cl)c1. The molecule has 0 saturated heterocycles. The van der Waals surface area contributed by atoms with Crippen molar-refractivity contribution in [2.24, 2.45) is 5.92 Å². The van der Waals surface area contributed by atoms with Gasteiger partial charge in [0.2, 0.25) is 0 Å². The van der Waals surface area contributed by atoms with Crippen LogP contribution in [-0.2, 0) is 0 Å². The van der Waals surface area contributed by atoms with E-state index in [1.54, 1.807) is 46.2 Å². The van der Waals surface area contributed by atoms with Crippen LogP contribution in [0.25, 0.3) is 5.95 Å². The summed E-state index contributed by atoms with van der Waals surface area (Å²) in [4.78, 5) is 28.0. The molecule has 0 bridgehead atoms. The first-order valence-corrected chi connectivity index (χ1v) is 9.73. The van der Waals surface area contributed by atoms with Gasteiger partial charge in [0.25, 0.3) is 11.9 Å². The van der Waals surface area contributed by atoms with Crippen molar-refractivity contribution in [1.82, 2.24) is 29.6 Å². The summed E-state index contributed by atoms with van der Waals surface area (Å²) >= 11 is 12.2. The summed E-state index contributed by atoms with van der Waals surface area (Å²) in [5.41, 5.74) is 0.451. The van der Waals surface area contributed by atoms with Gasteiger partial charge < -0.3 is 4.90 Å². The molecule has 1 unspecified atom stereocenters. The zero-order valence-corrected chi connectivity index (χ0v) is 16.7. The molecule has 28 heavy (non-hydrogen) atoms. The molecule has 1 fully saturated rings. The van der Waals surface area contributed by atoms with E-state index in [0.29, 0.717) is 39.8 Å². The maximum atomic E-state index is 13.3. The van der Waals surface area contributed by atoms with Crippen LogP contribution in [0, 0.1) is 5.92 Å². The van der Waals surface area contributed by atoms with Gasteiger partial charge in [0, 0.05) is 34.5 Å². The first-order valence-electron chi connectivity index (χ1n) is 8.97. The van der Waals surface area contributed by atoms with Crippen molar-refractivity contribution in [3.8, 4) is 5.95 Å². The van der Waals surface area contributed by atoms with Gasteiger partial charge in [-0.25, -0.2) is 15.0 Å². The lowest BCUT2D eigenvalue weighted by molar-refractivity contribution is 0.0670. The number of rotatable bonds is 6. The van der Waals surface area contributed by atoms with Crippen LogP contribution in [0.1, 0.15) is 42.0 Å². The highest BCUT2D eigenvalue weighted by Crippen LogP contribution is 2.34. The molecule has 1 saturated carbocycles. The zero-order chi connectivity index (χ0) is 19.7. The van der Waals surface area contributed by atoms with E-state index in [1.165, 1.54) is 6.33 Å². The van der Waals surface area contributed by atoms with Crippen molar-refractivity contribution in [3.63, 3.8) is 0 Å². The molecule has 2 heterocycles. The molecule has 0 radical (unpaired) electrons. The minimum atomic E-state index is -0.336. The van der Waals surface area contributed by atoms with E-state index in [9.17, 15) is 4.79 Å². The molecule has 2 aromatic heterocycles. The standard InChI is InChI=1S/C19H18Cl2N6O/c1-12(17-24-11-25-27(17)19-22-5-2-6-23-19)26(10-13-3-4-13)18(28)14-7-15(20)9-16(21)8-14/h2,5-9,11-13H,3-4,10H2,1H3. The number of nitrogens with zero attached hydrogens (tertiary/aromatic N) is 6. The minimum absolute atomic E-state index is 0.146.